The summed E-state index contributed by atoms with van der Waals surface area (Å²) < 4.78 is 0. The van der Waals surface area contributed by atoms with Gasteiger partial charge in [0.2, 0.25) is 5.13 Å². The SMILES string of the molecule is CNc1nnc(CSCC(C)C)s1. The van der Waals surface area contributed by atoms with E-state index >= 15 is 0 Å². The monoisotopic (exact) mass is 217 g/mol. The smallest absolute Gasteiger partial charge is 0.205 e. The molecule has 0 aliphatic heterocycles. The first kappa shape index (κ1) is 10.8. The van der Waals surface area contributed by atoms with Gasteiger partial charge >= 0.3 is 0 Å². The van der Waals surface area contributed by atoms with Crippen LogP contribution in [0, 0.1) is 5.92 Å². The third-order valence-corrected chi connectivity index (χ3v) is 3.86. The number of hydrogen-bond acceptors (Lipinski definition) is 5. The predicted molar refractivity (Wildman–Crippen MR) is 60.5 cm³/mol. The van der Waals surface area contributed by atoms with E-state index in [0.717, 1.165) is 21.8 Å². The molecule has 1 rings (SSSR count). The van der Waals surface area contributed by atoms with Crippen molar-refractivity contribution in [3.63, 3.8) is 0 Å². The van der Waals surface area contributed by atoms with Crippen molar-refractivity contribution in [2.24, 2.45) is 5.92 Å². The van der Waals surface area contributed by atoms with Gasteiger partial charge in [0.25, 0.3) is 0 Å². The number of nitrogens with one attached hydrogen (secondary N) is 1. The van der Waals surface area contributed by atoms with Gasteiger partial charge in [-0.25, -0.2) is 0 Å². The number of thioether (sulfide) groups is 1. The quantitative estimate of drug-likeness (QED) is 0.822. The molecular weight excluding hydrogens is 202 g/mol. The topological polar surface area (TPSA) is 37.8 Å². The van der Waals surface area contributed by atoms with Crippen LogP contribution in [0.15, 0.2) is 0 Å². The van der Waals surface area contributed by atoms with Crippen molar-refractivity contribution < 1.29 is 0 Å². The molecule has 0 aromatic carbocycles. The minimum atomic E-state index is 0.752. The van der Waals surface area contributed by atoms with Crippen LogP contribution in [0.4, 0.5) is 5.13 Å². The molecule has 5 heteroatoms. The van der Waals surface area contributed by atoms with E-state index in [9.17, 15) is 0 Å². The highest BCUT2D eigenvalue weighted by Gasteiger charge is 2.02. The summed E-state index contributed by atoms with van der Waals surface area (Å²) in [7, 11) is 1.87. The number of rotatable bonds is 5. The molecule has 0 atom stereocenters. The van der Waals surface area contributed by atoms with Crippen molar-refractivity contribution in [2.45, 2.75) is 19.6 Å². The molecular formula is C8H15N3S2. The van der Waals surface area contributed by atoms with Crippen LogP contribution < -0.4 is 5.32 Å². The zero-order valence-corrected chi connectivity index (χ0v) is 9.84. The van der Waals surface area contributed by atoms with Gasteiger partial charge in [0.1, 0.15) is 5.01 Å². The highest BCUT2D eigenvalue weighted by atomic mass is 32.2. The number of anilines is 1. The molecule has 0 unspecified atom stereocenters. The van der Waals surface area contributed by atoms with Gasteiger partial charge in [0, 0.05) is 12.8 Å². The van der Waals surface area contributed by atoms with E-state index in [1.54, 1.807) is 11.3 Å². The lowest BCUT2D eigenvalue weighted by atomic mass is 10.3. The molecule has 1 heterocycles. The van der Waals surface area contributed by atoms with E-state index in [0.29, 0.717) is 0 Å². The first-order valence-corrected chi connectivity index (χ1v) is 6.27. The van der Waals surface area contributed by atoms with Crippen molar-refractivity contribution in [3.8, 4) is 0 Å². The second-order valence-corrected chi connectivity index (χ2v) is 5.25. The lowest BCUT2D eigenvalue weighted by Crippen LogP contribution is -1.91. The molecule has 1 N–H and O–H groups in total. The normalized spacial score (nSPS) is 10.8. The van der Waals surface area contributed by atoms with Crippen molar-refractivity contribution in [3.05, 3.63) is 5.01 Å². The van der Waals surface area contributed by atoms with Crippen molar-refractivity contribution in [1.82, 2.24) is 10.2 Å². The minimum absolute atomic E-state index is 0.752. The van der Waals surface area contributed by atoms with Crippen molar-refractivity contribution >= 4 is 28.2 Å². The second kappa shape index (κ2) is 5.44. The molecule has 1 aromatic heterocycles. The fourth-order valence-corrected chi connectivity index (χ4v) is 2.59. The number of nitrogens with zero attached hydrogens (tertiary/aromatic N) is 2. The number of aromatic nitrogens is 2. The zero-order chi connectivity index (χ0) is 9.68. The molecule has 0 saturated carbocycles. The van der Waals surface area contributed by atoms with Crippen LogP contribution in [0.1, 0.15) is 18.9 Å². The molecule has 0 spiro atoms. The van der Waals surface area contributed by atoms with Crippen LogP contribution in [-0.2, 0) is 5.75 Å². The summed E-state index contributed by atoms with van der Waals surface area (Å²) in [5.41, 5.74) is 0. The summed E-state index contributed by atoms with van der Waals surface area (Å²) in [5, 5.41) is 13.0. The Labute approximate surface area is 87.3 Å². The van der Waals surface area contributed by atoms with Crippen LogP contribution in [0.3, 0.4) is 0 Å². The average molecular weight is 217 g/mol. The number of hydrogen-bond donors (Lipinski definition) is 1. The van der Waals surface area contributed by atoms with Crippen molar-refractivity contribution in [1.29, 1.82) is 0 Å². The van der Waals surface area contributed by atoms with Gasteiger partial charge in [-0.3, -0.25) is 0 Å². The van der Waals surface area contributed by atoms with E-state index in [-0.39, 0.29) is 0 Å². The molecule has 1 aromatic rings. The Bertz CT molecular complexity index is 247. The summed E-state index contributed by atoms with van der Waals surface area (Å²) in [6, 6.07) is 0. The first-order valence-electron chi connectivity index (χ1n) is 4.30. The van der Waals surface area contributed by atoms with Gasteiger partial charge in [-0.15, -0.1) is 10.2 Å². The van der Waals surface area contributed by atoms with Crippen LogP contribution in [0.2, 0.25) is 0 Å². The fraction of sp³-hybridized carbons (Fsp3) is 0.750. The summed E-state index contributed by atoms with van der Waals surface area (Å²) >= 11 is 3.55. The van der Waals surface area contributed by atoms with Gasteiger partial charge in [0.15, 0.2) is 0 Å². The Morgan fingerprint density at radius 1 is 1.46 bits per heavy atom. The third-order valence-electron chi connectivity index (χ3n) is 1.36. The van der Waals surface area contributed by atoms with Crippen LogP contribution in [0.25, 0.3) is 0 Å². The molecule has 13 heavy (non-hydrogen) atoms. The van der Waals surface area contributed by atoms with E-state index in [4.69, 9.17) is 0 Å². The average Bonchev–Trinajstić information content (AvgIpc) is 2.52. The maximum Gasteiger partial charge on any atom is 0.205 e. The summed E-state index contributed by atoms with van der Waals surface area (Å²) in [6.07, 6.45) is 0. The highest BCUT2D eigenvalue weighted by molar-refractivity contribution is 7.98. The lowest BCUT2D eigenvalue weighted by molar-refractivity contribution is 0.750. The standard InChI is InChI=1S/C8H15N3S2/c1-6(2)4-12-5-7-10-11-8(9-3)13-7/h6H,4-5H2,1-3H3,(H,9,11). The van der Waals surface area contributed by atoms with Gasteiger partial charge < -0.3 is 5.32 Å². The van der Waals surface area contributed by atoms with Gasteiger partial charge in [-0.2, -0.15) is 11.8 Å². The Hall–Kier alpha value is -0.290. The first-order chi connectivity index (χ1) is 6.22. The largest absolute Gasteiger partial charge is 0.363 e. The van der Waals surface area contributed by atoms with E-state index < -0.39 is 0 Å². The molecule has 0 aliphatic rings. The molecule has 0 radical (unpaired) electrons. The van der Waals surface area contributed by atoms with Crippen LogP contribution >= 0.6 is 23.1 Å². The Balaban J connectivity index is 2.28. The minimum Gasteiger partial charge on any atom is -0.363 e. The van der Waals surface area contributed by atoms with Crippen molar-refractivity contribution in [2.75, 3.05) is 18.1 Å². The second-order valence-electron chi connectivity index (χ2n) is 3.16. The summed E-state index contributed by atoms with van der Waals surface area (Å²) in [6.45, 7) is 4.46. The van der Waals surface area contributed by atoms with E-state index in [1.165, 1.54) is 5.75 Å². The third kappa shape index (κ3) is 3.95. The van der Waals surface area contributed by atoms with E-state index in [1.807, 2.05) is 18.8 Å². The molecule has 0 bridgehead atoms. The molecule has 0 amide bonds. The van der Waals surface area contributed by atoms with Crippen LogP contribution in [-0.4, -0.2) is 23.0 Å². The summed E-state index contributed by atoms with van der Waals surface area (Å²) in [5.74, 6) is 2.92. The molecule has 0 aliphatic carbocycles. The van der Waals surface area contributed by atoms with E-state index in [2.05, 4.69) is 29.4 Å². The molecule has 3 nitrogen and oxygen atoms in total. The Morgan fingerprint density at radius 3 is 2.77 bits per heavy atom. The molecule has 74 valence electrons. The van der Waals surface area contributed by atoms with Crippen LogP contribution in [0.5, 0.6) is 0 Å². The van der Waals surface area contributed by atoms with Gasteiger partial charge in [-0.05, 0) is 11.7 Å². The predicted octanol–water partition coefficient (Wildman–Crippen LogP) is 2.47. The molecule has 0 fully saturated rings. The maximum absolute atomic E-state index is 4.07. The Morgan fingerprint density at radius 2 is 2.23 bits per heavy atom. The maximum atomic E-state index is 4.07. The zero-order valence-electron chi connectivity index (χ0n) is 8.20. The highest BCUT2D eigenvalue weighted by Crippen LogP contribution is 2.20. The van der Waals surface area contributed by atoms with Gasteiger partial charge in [-0.1, -0.05) is 25.2 Å². The summed E-state index contributed by atoms with van der Waals surface area (Å²) in [4.78, 5) is 0. The Kier molecular flexibility index (Phi) is 4.52. The fourth-order valence-electron chi connectivity index (χ4n) is 0.795. The molecule has 0 saturated heterocycles. The lowest BCUT2D eigenvalue weighted by Gasteiger charge is -2.00. The van der Waals surface area contributed by atoms with Gasteiger partial charge in [0.05, 0.1) is 0 Å².